The summed E-state index contributed by atoms with van der Waals surface area (Å²) in [7, 11) is 0. The third-order valence-electron chi connectivity index (χ3n) is 5.34. The highest BCUT2D eigenvalue weighted by Gasteiger charge is 2.40. The van der Waals surface area contributed by atoms with Crippen LogP contribution >= 0.6 is 15.9 Å². The van der Waals surface area contributed by atoms with Gasteiger partial charge in [-0.1, -0.05) is 88.2 Å². The van der Waals surface area contributed by atoms with Crippen molar-refractivity contribution in [1.82, 2.24) is 4.90 Å². The molecule has 3 nitrogen and oxygen atoms in total. The van der Waals surface area contributed by atoms with Gasteiger partial charge in [0.15, 0.2) is 5.76 Å². The molecule has 0 saturated carbocycles. The summed E-state index contributed by atoms with van der Waals surface area (Å²) < 4.78 is 0.978. The summed E-state index contributed by atoms with van der Waals surface area (Å²) in [4.78, 5) is 14.8. The number of amides is 1. The molecule has 4 rings (SSSR count). The predicted octanol–water partition coefficient (Wildman–Crippen LogP) is 5.85. The molecule has 0 bridgehead atoms. The van der Waals surface area contributed by atoms with Gasteiger partial charge in [0.2, 0.25) is 0 Å². The fraction of sp³-hybridized carbons (Fsp3) is 0.160. The van der Waals surface area contributed by atoms with Crippen molar-refractivity contribution in [3.05, 3.63) is 111 Å². The van der Waals surface area contributed by atoms with Gasteiger partial charge in [-0.25, -0.2) is 0 Å². The van der Waals surface area contributed by atoms with Gasteiger partial charge in [-0.3, -0.25) is 4.79 Å². The van der Waals surface area contributed by atoms with Crippen molar-refractivity contribution in [1.29, 1.82) is 0 Å². The largest absolute Gasteiger partial charge is 0.503 e. The van der Waals surface area contributed by atoms with Crippen molar-refractivity contribution >= 4 is 27.4 Å². The lowest BCUT2D eigenvalue weighted by Crippen LogP contribution is -2.32. The standard InChI is InChI=1S/C25H22BrNO2/c1-17-7-9-19(10-8-17)22-23(20-11-13-21(26)14-12-20)27(25(29)24(22)28)16-15-18-5-3-2-4-6-18/h2-14,23,28H,15-16H2,1H3. The molecule has 3 aromatic carbocycles. The minimum atomic E-state index is -0.318. The molecule has 4 heteroatoms. The van der Waals surface area contributed by atoms with Gasteiger partial charge < -0.3 is 10.0 Å². The van der Waals surface area contributed by atoms with Crippen LogP contribution in [0.5, 0.6) is 0 Å². The van der Waals surface area contributed by atoms with Crippen molar-refractivity contribution in [3.63, 3.8) is 0 Å². The third-order valence-corrected chi connectivity index (χ3v) is 5.86. The molecule has 1 N–H and O–H groups in total. The fourth-order valence-corrected chi connectivity index (χ4v) is 4.06. The van der Waals surface area contributed by atoms with Crippen LogP contribution in [0.2, 0.25) is 0 Å². The molecule has 1 aliphatic rings. The first-order valence-corrected chi connectivity index (χ1v) is 10.4. The topological polar surface area (TPSA) is 40.5 Å². The normalized spacial score (nSPS) is 16.6. The van der Waals surface area contributed by atoms with Crippen molar-refractivity contribution in [2.24, 2.45) is 0 Å². The van der Waals surface area contributed by atoms with E-state index in [-0.39, 0.29) is 17.7 Å². The Bertz CT molecular complexity index is 1040. The number of aliphatic hydroxyl groups excluding tert-OH is 1. The first-order valence-electron chi connectivity index (χ1n) is 9.65. The van der Waals surface area contributed by atoms with E-state index in [0.29, 0.717) is 12.1 Å². The minimum absolute atomic E-state index is 0.158. The van der Waals surface area contributed by atoms with Crippen LogP contribution in [0.4, 0.5) is 0 Å². The second-order valence-electron chi connectivity index (χ2n) is 7.32. The molecule has 0 saturated heterocycles. The van der Waals surface area contributed by atoms with Crippen LogP contribution < -0.4 is 0 Å². The third kappa shape index (κ3) is 3.99. The SMILES string of the molecule is Cc1ccc(C2=C(O)C(=O)N(CCc3ccccc3)C2c2ccc(Br)cc2)cc1. The second-order valence-corrected chi connectivity index (χ2v) is 8.23. The number of benzene rings is 3. The van der Waals surface area contributed by atoms with E-state index >= 15 is 0 Å². The molecule has 0 aliphatic carbocycles. The fourth-order valence-electron chi connectivity index (χ4n) is 3.80. The maximum atomic E-state index is 13.0. The number of aliphatic hydroxyl groups is 1. The van der Waals surface area contributed by atoms with Gasteiger partial charge in [0, 0.05) is 16.6 Å². The number of halogens is 1. The van der Waals surface area contributed by atoms with Crippen LogP contribution in [0, 0.1) is 6.92 Å². The Morgan fingerprint density at radius 1 is 0.931 bits per heavy atom. The molecule has 1 atom stereocenters. The molecule has 1 heterocycles. The molecule has 1 amide bonds. The zero-order chi connectivity index (χ0) is 20.4. The van der Waals surface area contributed by atoms with Gasteiger partial charge in [0.05, 0.1) is 6.04 Å². The van der Waals surface area contributed by atoms with Crippen molar-refractivity contribution in [2.45, 2.75) is 19.4 Å². The molecule has 146 valence electrons. The molecule has 0 fully saturated rings. The molecular formula is C25H22BrNO2. The summed E-state index contributed by atoms with van der Waals surface area (Å²) >= 11 is 3.48. The Balaban J connectivity index is 1.73. The van der Waals surface area contributed by atoms with Crippen LogP contribution in [-0.4, -0.2) is 22.5 Å². The summed E-state index contributed by atoms with van der Waals surface area (Å²) in [5, 5.41) is 10.8. The van der Waals surface area contributed by atoms with Crippen LogP contribution in [0.15, 0.2) is 89.1 Å². The van der Waals surface area contributed by atoms with E-state index < -0.39 is 0 Å². The van der Waals surface area contributed by atoms with E-state index in [4.69, 9.17) is 0 Å². The summed E-state index contributed by atoms with van der Waals surface area (Å²) in [6.45, 7) is 2.55. The average molecular weight is 448 g/mol. The van der Waals surface area contributed by atoms with E-state index in [0.717, 1.165) is 33.1 Å². The number of carbonyl (C=O) groups excluding carboxylic acids is 1. The molecule has 0 radical (unpaired) electrons. The number of hydrogen-bond acceptors (Lipinski definition) is 2. The lowest BCUT2D eigenvalue weighted by atomic mass is 9.93. The Kier molecular flexibility index (Phi) is 5.54. The van der Waals surface area contributed by atoms with Gasteiger partial charge in [0.25, 0.3) is 5.91 Å². The molecule has 0 aromatic heterocycles. The Hall–Kier alpha value is -2.85. The van der Waals surface area contributed by atoms with Crippen molar-refractivity contribution < 1.29 is 9.90 Å². The molecule has 1 unspecified atom stereocenters. The number of rotatable bonds is 5. The summed E-state index contributed by atoms with van der Waals surface area (Å²) in [5.74, 6) is -0.473. The van der Waals surface area contributed by atoms with E-state index in [1.165, 1.54) is 0 Å². The predicted molar refractivity (Wildman–Crippen MR) is 119 cm³/mol. The number of hydrogen-bond donors (Lipinski definition) is 1. The average Bonchev–Trinajstić information content (AvgIpc) is 2.99. The first-order chi connectivity index (χ1) is 14.0. The molecular weight excluding hydrogens is 426 g/mol. The zero-order valence-electron chi connectivity index (χ0n) is 16.2. The van der Waals surface area contributed by atoms with Crippen LogP contribution in [-0.2, 0) is 11.2 Å². The highest BCUT2D eigenvalue weighted by atomic mass is 79.9. The summed E-state index contributed by atoms with van der Waals surface area (Å²) in [6.07, 6.45) is 0.730. The molecule has 0 spiro atoms. The van der Waals surface area contributed by atoms with Gasteiger partial charge in [0.1, 0.15) is 0 Å². The quantitative estimate of drug-likeness (QED) is 0.532. The van der Waals surface area contributed by atoms with Crippen LogP contribution in [0.3, 0.4) is 0 Å². The smallest absolute Gasteiger partial charge is 0.289 e. The van der Waals surface area contributed by atoms with Gasteiger partial charge in [-0.05, 0) is 42.2 Å². The summed E-state index contributed by atoms with van der Waals surface area (Å²) in [6, 6.07) is 25.7. The number of carbonyl (C=O) groups is 1. The lowest BCUT2D eigenvalue weighted by Gasteiger charge is -2.27. The number of aryl methyl sites for hydroxylation is 1. The monoisotopic (exact) mass is 447 g/mol. The first kappa shape index (κ1) is 19.5. The highest BCUT2D eigenvalue weighted by molar-refractivity contribution is 9.10. The van der Waals surface area contributed by atoms with Gasteiger partial charge >= 0.3 is 0 Å². The van der Waals surface area contributed by atoms with Crippen molar-refractivity contribution in [2.75, 3.05) is 6.54 Å². The van der Waals surface area contributed by atoms with E-state index in [9.17, 15) is 9.90 Å². The molecule has 29 heavy (non-hydrogen) atoms. The lowest BCUT2D eigenvalue weighted by molar-refractivity contribution is -0.129. The second kappa shape index (κ2) is 8.26. The Morgan fingerprint density at radius 2 is 1.59 bits per heavy atom. The maximum Gasteiger partial charge on any atom is 0.289 e. The van der Waals surface area contributed by atoms with Gasteiger partial charge in [-0.15, -0.1) is 0 Å². The van der Waals surface area contributed by atoms with Crippen LogP contribution in [0.25, 0.3) is 5.57 Å². The molecule has 1 aliphatic heterocycles. The zero-order valence-corrected chi connectivity index (χ0v) is 17.8. The van der Waals surface area contributed by atoms with E-state index in [2.05, 4.69) is 28.1 Å². The van der Waals surface area contributed by atoms with E-state index in [1.807, 2.05) is 73.7 Å². The Morgan fingerprint density at radius 3 is 2.24 bits per heavy atom. The summed E-state index contributed by atoms with van der Waals surface area (Å²) in [5.41, 5.74) is 4.83. The maximum absolute atomic E-state index is 13.0. The van der Waals surface area contributed by atoms with Crippen LogP contribution in [0.1, 0.15) is 28.3 Å². The van der Waals surface area contributed by atoms with Gasteiger partial charge in [-0.2, -0.15) is 0 Å². The van der Waals surface area contributed by atoms with Crippen molar-refractivity contribution in [3.8, 4) is 0 Å². The molecule has 3 aromatic rings. The Labute approximate surface area is 179 Å². The minimum Gasteiger partial charge on any atom is -0.503 e. The number of nitrogens with zero attached hydrogens (tertiary/aromatic N) is 1. The highest BCUT2D eigenvalue weighted by Crippen LogP contribution is 2.43. The van der Waals surface area contributed by atoms with E-state index in [1.54, 1.807) is 4.90 Å².